The summed E-state index contributed by atoms with van der Waals surface area (Å²) in [7, 11) is 0. The molecule has 1 saturated heterocycles. The van der Waals surface area contributed by atoms with Crippen LogP contribution in [-0.2, 0) is 22.3 Å². The Hall–Kier alpha value is -3.02. The molecule has 2 atom stereocenters. The van der Waals surface area contributed by atoms with Crippen LogP contribution in [0.1, 0.15) is 51.2 Å². The molecule has 2 heterocycles. The number of hydrogen-bond donors (Lipinski definition) is 2. The molecule has 9 nitrogen and oxygen atoms in total. The van der Waals surface area contributed by atoms with Crippen molar-refractivity contribution in [3.8, 4) is 5.69 Å². The summed E-state index contributed by atoms with van der Waals surface area (Å²) < 4.78 is 40.9. The number of nitrogens with one attached hydrogen (secondary N) is 1. The Balaban J connectivity index is 1.75. The summed E-state index contributed by atoms with van der Waals surface area (Å²) in [6, 6.07) is 1.68. The molecule has 12 heteroatoms. The summed E-state index contributed by atoms with van der Waals surface area (Å²) in [6.07, 6.45) is -1.72. The molecule has 0 unspecified atom stereocenters. The van der Waals surface area contributed by atoms with E-state index in [0.717, 1.165) is 12.1 Å². The lowest BCUT2D eigenvalue weighted by atomic mass is 9.88. The summed E-state index contributed by atoms with van der Waals surface area (Å²) in [5, 5.41) is 13.4. The number of hydrogen-bond acceptors (Lipinski definition) is 6. The highest BCUT2D eigenvalue weighted by Gasteiger charge is 2.37. The highest BCUT2D eigenvalue weighted by molar-refractivity contribution is 5.90. The molecule has 0 bridgehead atoms. The van der Waals surface area contributed by atoms with Gasteiger partial charge in [-0.2, -0.15) is 13.2 Å². The number of likely N-dealkylation sites (tertiary alicyclic amines) is 1. The van der Waals surface area contributed by atoms with E-state index in [-0.39, 0.29) is 23.4 Å². The number of carbonyl (C=O) groups is 2. The molecule has 3 rings (SSSR count). The van der Waals surface area contributed by atoms with E-state index in [0.29, 0.717) is 31.5 Å². The van der Waals surface area contributed by atoms with E-state index in [1.807, 2.05) is 20.8 Å². The van der Waals surface area contributed by atoms with Crippen LogP contribution >= 0.6 is 0 Å². The van der Waals surface area contributed by atoms with Gasteiger partial charge in [0.1, 0.15) is 12.4 Å². The van der Waals surface area contributed by atoms with E-state index in [4.69, 9.17) is 5.73 Å². The van der Waals surface area contributed by atoms with Crippen molar-refractivity contribution in [1.29, 1.82) is 0 Å². The number of tetrazole rings is 1. The largest absolute Gasteiger partial charge is 0.416 e. The van der Waals surface area contributed by atoms with Gasteiger partial charge in [0, 0.05) is 13.1 Å². The Kier molecular flexibility index (Phi) is 7.06. The van der Waals surface area contributed by atoms with Crippen LogP contribution in [0.2, 0.25) is 0 Å². The van der Waals surface area contributed by atoms with E-state index in [1.54, 1.807) is 0 Å². The zero-order chi connectivity index (χ0) is 24.4. The molecule has 1 aliphatic heterocycles. The number of amides is 2. The van der Waals surface area contributed by atoms with Gasteiger partial charge < -0.3 is 16.0 Å². The monoisotopic (exact) mass is 467 g/mol. The Labute approximate surface area is 189 Å². The predicted molar refractivity (Wildman–Crippen MR) is 113 cm³/mol. The average molecular weight is 467 g/mol. The lowest BCUT2D eigenvalue weighted by Gasteiger charge is -2.29. The van der Waals surface area contributed by atoms with Crippen molar-refractivity contribution in [3.05, 3.63) is 35.7 Å². The minimum atomic E-state index is -4.55. The maximum Gasteiger partial charge on any atom is 0.416 e. The topological polar surface area (TPSA) is 119 Å². The molecule has 33 heavy (non-hydrogen) atoms. The Bertz CT molecular complexity index is 987. The first-order valence-electron chi connectivity index (χ1n) is 10.6. The quantitative estimate of drug-likeness (QED) is 0.671. The van der Waals surface area contributed by atoms with Gasteiger partial charge in [-0.25, -0.2) is 4.68 Å². The first-order chi connectivity index (χ1) is 15.4. The second-order valence-electron chi connectivity index (χ2n) is 9.37. The molecule has 0 saturated carbocycles. The molecular weight excluding hydrogens is 439 g/mol. The zero-order valence-corrected chi connectivity index (χ0v) is 18.8. The van der Waals surface area contributed by atoms with Gasteiger partial charge in [0.25, 0.3) is 0 Å². The van der Waals surface area contributed by atoms with Gasteiger partial charge in [-0.15, -0.1) is 5.10 Å². The van der Waals surface area contributed by atoms with Gasteiger partial charge in [0.05, 0.1) is 17.3 Å². The molecule has 2 aromatic rings. The van der Waals surface area contributed by atoms with Gasteiger partial charge in [-0.05, 0) is 58.9 Å². The summed E-state index contributed by atoms with van der Waals surface area (Å²) in [4.78, 5) is 27.2. The molecule has 180 valence electrons. The predicted octanol–water partition coefficient (Wildman–Crippen LogP) is 2.05. The molecule has 0 radical (unpaired) electrons. The van der Waals surface area contributed by atoms with Crippen LogP contribution in [0.25, 0.3) is 5.69 Å². The van der Waals surface area contributed by atoms with Gasteiger partial charge in [-0.3, -0.25) is 9.59 Å². The van der Waals surface area contributed by atoms with Crippen molar-refractivity contribution in [2.45, 2.75) is 64.8 Å². The summed E-state index contributed by atoms with van der Waals surface area (Å²) >= 11 is 0. The van der Waals surface area contributed by atoms with Crippen molar-refractivity contribution in [1.82, 2.24) is 30.4 Å². The fraction of sp³-hybridized carbons (Fsp3) is 0.571. The van der Waals surface area contributed by atoms with Gasteiger partial charge >= 0.3 is 6.18 Å². The van der Waals surface area contributed by atoms with Crippen LogP contribution in [-0.4, -0.2) is 55.5 Å². The standard InChI is InChI=1S/C21H28F3N7O2/c1-20(2,3)10-15(25)19(33)30-8-4-5-17(30)18(32)26-11-13-9-14(21(22,23)24)6-7-16(13)31-12-27-28-29-31/h6-7,9,12,15,17H,4-5,8,10-11,25H2,1-3H3,(H,26,32)/t15-,17+/m1/s1. The Morgan fingerprint density at radius 3 is 2.61 bits per heavy atom. The maximum atomic E-state index is 13.2. The number of rotatable bonds is 6. The molecule has 2 amide bonds. The van der Waals surface area contributed by atoms with Gasteiger partial charge in [0.2, 0.25) is 11.8 Å². The lowest BCUT2D eigenvalue weighted by molar-refractivity contribution is -0.140. The van der Waals surface area contributed by atoms with Gasteiger partial charge in [0.15, 0.2) is 0 Å². The van der Waals surface area contributed by atoms with Crippen LogP contribution in [0.3, 0.4) is 0 Å². The zero-order valence-electron chi connectivity index (χ0n) is 18.8. The second-order valence-corrected chi connectivity index (χ2v) is 9.37. The van der Waals surface area contributed by atoms with Crippen molar-refractivity contribution in [3.63, 3.8) is 0 Å². The first kappa shape index (κ1) is 24.6. The van der Waals surface area contributed by atoms with E-state index in [1.165, 1.54) is 22.0 Å². The van der Waals surface area contributed by atoms with Crippen LogP contribution in [0.15, 0.2) is 24.5 Å². The minimum absolute atomic E-state index is 0.150. The molecular formula is C21H28F3N7O2. The van der Waals surface area contributed by atoms with Crippen molar-refractivity contribution < 1.29 is 22.8 Å². The van der Waals surface area contributed by atoms with E-state index in [9.17, 15) is 22.8 Å². The highest BCUT2D eigenvalue weighted by atomic mass is 19.4. The molecule has 1 aromatic heterocycles. The summed E-state index contributed by atoms with van der Waals surface area (Å²) in [5.74, 6) is -0.736. The van der Waals surface area contributed by atoms with E-state index < -0.39 is 29.7 Å². The number of benzene rings is 1. The van der Waals surface area contributed by atoms with Crippen molar-refractivity contribution in [2.75, 3.05) is 6.54 Å². The number of nitrogens with zero attached hydrogens (tertiary/aromatic N) is 5. The smallest absolute Gasteiger partial charge is 0.350 e. The third-order valence-electron chi connectivity index (χ3n) is 5.44. The maximum absolute atomic E-state index is 13.2. The molecule has 1 aliphatic rings. The van der Waals surface area contributed by atoms with Crippen LogP contribution in [0.5, 0.6) is 0 Å². The summed E-state index contributed by atoms with van der Waals surface area (Å²) in [6.45, 7) is 6.15. The normalized spacial score (nSPS) is 17.8. The second kappa shape index (κ2) is 9.46. The Morgan fingerprint density at radius 1 is 1.27 bits per heavy atom. The number of aromatic nitrogens is 4. The third-order valence-corrected chi connectivity index (χ3v) is 5.44. The minimum Gasteiger partial charge on any atom is -0.350 e. The number of halogens is 3. The van der Waals surface area contributed by atoms with E-state index >= 15 is 0 Å². The first-order valence-corrected chi connectivity index (χ1v) is 10.6. The van der Waals surface area contributed by atoms with Crippen LogP contribution < -0.4 is 11.1 Å². The number of nitrogens with two attached hydrogens (primary N) is 1. The molecule has 1 fully saturated rings. The fourth-order valence-corrected chi connectivity index (χ4v) is 3.96. The molecule has 3 N–H and O–H groups in total. The fourth-order valence-electron chi connectivity index (χ4n) is 3.96. The highest BCUT2D eigenvalue weighted by Crippen LogP contribution is 2.31. The SMILES string of the molecule is CC(C)(C)C[C@@H](N)C(=O)N1CCC[C@H]1C(=O)NCc1cc(C(F)(F)F)ccc1-n1cnnn1. The average Bonchev–Trinajstić information content (AvgIpc) is 3.41. The number of carbonyl (C=O) groups excluding carboxylic acids is 2. The third kappa shape index (κ3) is 6.06. The Morgan fingerprint density at radius 2 is 2.00 bits per heavy atom. The van der Waals surface area contributed by atoms with Gasteiger partial charge in [-0.1, -0.05) is 20.8 Å². The van der Waals surface area contributed by atoms with E-state index in [2.05, 4.69) is 20.8 Å². The summed E-state index contributed by atoms with van der Waals surface area (Å²) in [5.41, 5.74) is 5.58. The van der Waals surface area contributed by atoms with Crippen molar-refractivity contribution in [2.24, 2.45) is 11.1 Å². The van der Waals surface area contributed by atoms with Crippen molar-refractivity contribution >= 4 is 11.8 Å². The molecule has 0 spiro atoms. The lowest BCUT2D eigenvalue weighted by Crippen LogP contribution is -2.51. The van der Waals surface area contributed by atoms with Crippen LogP contribution in [0, 0.1) is 5.41 Å². The number of alkyl halides is 3. The molecule has 1 aromatic carbocycles. The molecule has 0 aliphatic carbocycles. The van der Waals surface area contributed by atoms with Crippen LogP contribution in [0.4, 0.5) is 13.2 Å².